The summed E-state index contributed by atoms with van der Waals surface area (Å²) >= 11 is 0. The minimum Gasteiger partial charge on any atom is -0.504 e. The first-order valence-electron chi connectivity index (χ1n) is 7.73. The smallest absolute Gasteiger partial charge is 0.319 e. The Labute approximate surface area is 146 Å². The maximum absolute atomic E-state index is 12.0. The number of anilines is 1. The van der Waals surface area contributed by atoms with Crippen molar-refractivity contribution in [2.45, 2.75) is 13.3 Å². The molecule has 4 N–H and O–H groups in total. The second kappa shape index (κ2) is 8.14. The number of aryl methyl sites for hydroxylation is 1. The van der Waals surface area contributed by atoms with Gasteiger partial charge in [-0.15, -0.1) is 0 Å². The summed E-state index contributed by atoms with van der Waals surface area (Å²) in [5, 5.41) is 24.4. The van der Waals surface area contributed by atoms with Crippen molar-refractivity contribution in [2.24, 2.45) is 0 Å². The largest absolute Gasteiger partial charge is 0.504 e. The lowest BCUT2D eigenvalue weighted by atomic mass is 10.0. The molecule has 25 heavy (non-hydrogen) atoms. The van der Waals surface area contributed by atoms with Gasteiger partial charge in [-0.2, -0.15) is 0 Å². The summed E-state index contributed by atoms with van der Waals surface area (Å²) in [6.07, 6.45) is 0.527. The fourth-order valence-corrected chi connectivity index (χ4v) is 2.39. The zero-order valence-electron chi connectivity index (χ0n) is 14.4. The topological polar surface area (TPSA) is 100 Å². The molecule has 0 saturated heterocycles. The van der Waals surface area contributed by atoms with Gasteiger partial charge < -0.3 is 30.3 Å². The number of ether oxygens (including phenoxy) is 2. The minimum atomic E-state index is -0.354. The highest BCUT2D eigenvalue weighted by molar-refractivity contribution is 5.89. The van der Waals surface area contributed by atoms with Crippen LogP contribution in [0.5, 0.6) is 23.0 Å². The molecule has 0 aliphatic rings. The molecule has 7 nitrogen and oxygen atoms in total. The zero-order chi connectivity index (χ0) is 18.4. The van der Waals surface area contributed by atoms with Crippen LogP contribution in [-0.2, 0) is 6.42 Å². The number of carbonyl (C=O) groups excluding carboxylic acids is 1. The maximum Gasteiger partial charge on any atom is 0.319 e. The molecule has 2 aromatic carbocycles. The normalized spacial score (nSPS) is 10.2. The monoisotopic (exact) mass is 346 g/mol. The van der Waals surface area contributed by atoms with E-state index in [1.165, 1.54) is 19.2 Å². The molecule has 0 fully saturated rings. The molecular weight excluding hydrogens is 324 g/mol. The molecule has 0 saturated carbocycles. The highest BCUT2D eigenvalue weighted by atomic mass is 16.5. The Balaban J connectivity index is 1.90. The predicted molar refractivity (Wildman–Crippen MR) is 94.8 cm³/mol. The minimum absolute atomic E-state index is 0.152. The molecule has 0 heterocycles. The summed E-state index contributed by atoms with van der Waals surface area (Å²) in [7, 11) is 3.07. The van der Waals surface area contributed by atoms with Crippen LogP contribution >= 0.6 is 0 Å². The summed E-state index contributed by atoms with van der Waals surface area (Å²) in [5.74, 6) is 0.780. The lowest BCUT2D eigenvalue weighted by Crippen LogP contribution is -2.30. The summed E-state index contributed by atoms with van der Waals surface area (Å²) in [6, 6.07) is 7.72. The van der Waals surface area contributed by atoms with Crippen LogP contribution < -0.4 is 20.1 Å². The Morgan fingerprint density at radius 1 is 1.04 bits per heavy atom. The number of amides is 2. The molecule has 0 unspecified atom stereocenters. The van der Waals surface area contributed by atoms with Gasteiger partial charge in [-0.25, -0.2) is 4.79 Å². The van der Waals surface area contributed by atoms with E-state index in [-0.39, 0.29) is 17.5 Å². The van der Waals surface area contributed by atoms with Crippen molar-refractivity contribution in [3.8, 4) is 23.0 Å². The molecule has 0 spiro atoms. The lowest BCUT2D eigenvalue weighted by molar-refractivity contribution is 0.252. The molecule has 0 radical (unpaired) electrons. The number of rotatable bonds is 6. The van der Waals surface area contributed by atoms with E-state index in [4.69, 9.17) is 9.47 Å². The fourth-order valence-electron chi connectivity index (χ4n) is 2.39. The number of phenols is 2. The summed E-state index contributed by atoms with van der Waals surface area (Å²) in [5.41, 5.74) is 2.27. The van der Waals surface area contributed by atoms with Gasteiger partial charge in [0.15, 0.2) is 23.0 Å². The molecule has 0 aromatic heterocycles. The molecule has 134 valence electrons. The molecule has 0 bridgehead atoms. The van der Waals surface area contributed by atoms with Crippen LogP contribution in [0.15, 0.2) is 30.3 Å². The van der Waals surface area contributed by atoms with Crippen molar-refractivity contribution in [3.63, 3.8) is 0 Å². The van der Waals surface area contributed by atoms with Crippen LogP contribution in [0.4, 0.5) is 10.5 Å². The van der Waals surface area contributed by atoms with Gasteiger partial charge in [-0.05, 0) is 48.7 Å². The Hall–Kier alpha value is -3.09. The quantitative estimate of drug-likeness (QED) is 0.603. The van der Waals surface area contributed by atoms with Gasteiger partial charge in [0, 0.05) is 18.3 Å². The number of carbonyl (C=O) groups is 1. The number of nitrogens with one attached hydrogen (secondary N) is 2. The Morgan fingerprint density at radius 2 is 1.72 bits per heavy atom. The number of methoxy groups -OCH3 is 2. The first-order chi connectivity index (χ1) is 11.9. The van der Waals surface area contributed by atoms with E-state index in [0.29, 0.717) is 30.2 Å². The zero-order valence-corrected chi connectivity index (χ0v) is 14.4. The van der Waals surface area contributed by atoms with Crippen LogP contribution in [0.3, 0.4) is 0 Å². The van der Waals surface area contributed by atoms with Gasteiger partial charge >= 0.3 is 6.03 Å². The first kappa shape index (κ1) is 18.3. The van der Waals surface area contributed by atoms with Crippen LogP contribution in [0, 0.1) is 6.92 Å². The van der Waals surface area contributed by atoms with E-state index in [1.807, 2.05) is 6.92 Å². The van der Waals surface area contributed by atoms with Gasteiger partial charge in [-0.1, -0.05) is 0 Å². The maximum atomic E-state index is 12.0. The lowest BCUT2D eigenvalue weighted by Gasteiger charge is -2.12. The second-order valence-electron chi connectivity index (χ2n) is 5.47. The average Bonchev–Trinajstić information content (AvgIpc) is 2.59. The van der Waals surface area contributed by atoms with E-state index >= 15 is 0 Å². The third kappa shape index (κ3) is 4.69. The van der Waals surface area contributed by atoms with Gasteiger partial charge in [-0.3, -0.25) is 0 Å². The average molecular weight is 346 g/mol. The molecule has 0 aliphatic heterocycles. The van der Waals surface area contributed by atoms with Crippen LogP contribution in [0.1, 0.15) is 11.1 Å². The summed E-state index contributed by atoms with van der Waals surface area (Å²) in [6.45, 7) is 2.21. The third-order valence-corrected chi connectivity index (χ3v) is 3.75. The Kier molecular flexibility index (Phi) is 5.94. The van der Waals surface area contributed by atoms with E-state index in [0.717, 1.165) is 11.1 Å². The van der Waals surface area contributed by atoms with Crippen molar-refractivity contribution in [1.29, 1.82) is 0 Å². The molecule has 2 amide bonds. The van der Waals surface area contributed by atoms with Gasteiger partial charge in [0.1, 0.15) is 0 Å². The molecule has 2 aromatic rings. The molecule has 2 rings (SSSR count). The van der Waals surface area contributed by atoms with Crippen molar-refractivity contribution < 1.29 is 24.5 Å². The Bertz CT molecular complexity index is 761. The van der Waals surface area contributed by atoms with Crippen LogP contribution in [0.2, 0.25) is 0 Å². The van der Waals surface area contributed by atoms with Gasteiger partial charge in [0.2, 0.25) is 0 Å². The number of aromatic hydroxyl groups is 2. The second-order valence-corrected chi connectivity index (χ2v) is 5.47. The van der Waals surface area contributed by atoms with E-state index in [2.05, 4.69) is 10.6 Å². The highest BCUT2D eigenvalue weighted by Gasteiger charge is 2.08. The Morgan fingerprint density at radius 3 is 2.40 bits per heavy atom. The van der Waals surface area contributed by atoms with Crippen LogP contribution in [-0.4, -0.2) is 37.0 Å². The van der Waals surface area contributed by atoms with Crippen LogP contribution in [0.25, 0.3) is 0 Å². The predicted octanol–water partition coefficient (Wildman–Crippen LogP) is 2.79. The fraction of sp³-hybridized carbons (Fsp3) is 0.278. The number of phenolic OH excluding ortho intramolecular Hbond substituents is 2. The first-order valence-corrected chi connectivity index (χ1v) is 7.73. The molecule has 0 aliphatic carbocycles. The van der Waals surface area contributed by atoms with Crippen molar-refractivity contribution >= 4 is 11.7 Å². The SMILES string of the molecule is COc1ccc(NC(=O)NCCc2cc(O)c(O)cc2C)cc1OC. The number of hydrogen-bond donors (Lipinski definition) is 4. The molecular formula is C18H22N2O5. The van der Waals surface area contributed by atoms with Crippen molar-refractivity contribution in [1.82, 2.24) is 5.32 Å². The van der Waals surface area contributed by atoms with Crippen molar-refractivity contribution in [3.05, 3.63) is 41.5 Å². The van der Waals surface area contributed by atoms with E-state index in [9.17, 15) is 15.0 Å². The third-order valence-electron chi connectivity index (χ3n) is 3.75. The molecule has 7 heteroatoms. The number of benzene rings is 2. The number of urea groups is 1. The number of hydrogen-bond acceptors (Lipinski definition) is 5. The summed E-state index contributed by atoms with van der Waals surface area (Å²) < 4.78 is 10.3. The standard InChI is InChI=1S/C18H22N2O5/c1-11-8-14(21)15(22)9-12(11)6-7-19-18(23)20-13-4-5-16(24-2)17(10-13)25-3/h4-5,8-10,21-22H,6-7H2,1-3H3,(H2,19,20,23). The van der Waals surface area contributed by atoms with Crippen molar-refractivity contribution in [2.75, 3.05) is 26.1 Å². The highest BCUT2D eigenvalue weighted by Crippen LogP contribution is 2.30. The van der Waals surface area contributed by atoms with E-state index < -0.39 is 0 Å². The van der Waals surface area contributed by atoms with E-state index in [1.54, 1.807) is 25.3 Å². The van der Waals surface area contributed by atoms with Gasteiger partial charge in [0.25, 0.3) is 0 Å². The van der Waals surface area contributed by atoms with Gasteiger partial charge in [0.05, 0.1) is 14.2 Å². The molecule has 0 atom stereocenters. The summed E-state index contributed by atoms with van der Waals surface area (Å²) in [4.78, 5) is 12.0.